The number of methoxy groups -OCH3 is 1. The van der Waals surface area contributed by atoms with E-state index in [0.29, 0.717) is 28.6 Å². The molecule has 4 rings (SSSR count). The summed E-state index contributed by atoms with van der Waals surface area (Å²) in [6.07, 6.45) is -2.60. The van der Waals surface area contributed by atoms with Gasteiger partial charge in [-0.05, 0) is 44.7 Å². The highest BCUT2D eigenvalue weighted by atomic mass is 32.5. The lowest BCUT2D eigenvalue weighted by atomic mass is 9.98. The molecule has 2 aromatic heterocycles. The van der Waals surface area contributed by atoms with Crippen molar-refractivity contribution in [2.45, 2.75) is 50.9 Å². The Morgan fingerprint density at radius 1 is 1.37 bits per heavy atom. The molecular weight excluding hydrogens is 538 g/mol. The van der Waals surface area contributed by atoms with Gasteiger partial charge >= 0.3 is 12.6 Å². The molecule has 1 saturated heterocycles. The van der Waals surface area contributed by atoms with Crippen molar-refractivity contribution in [2.75, 3.05) is 26.1 Å². The molecule has 15 heteroatoms. The number of halogens is 1. The molecule has 1 fully saturated rings. The zero-order valence-corrected chi connectivity index (χ0v) is 23.2. The van der Waals surface area contributed by atoms with E-state index in [1.807, 2.05) is 0 Å². The summed E-state index contributed by atoms with van der Waals surface area (Å²) in [5, 5.41) is 16.7. The monoisotopic (exact) mass is 568 g/mol. The lowest BCUT2D eigenvalue weighted by molar-refractivity contribution is -0.142. The van der Waals surface area contributed by atoms with E-state index < -0.39 is 42.8 Å². The first-order valence-corrected chi connectivity index (χ1v) is 14.4. The number of ether oxygens (including phenoxy) is 2. The van der Waals surface area contributed by atoms with Gasteiger partial charge in [0.2, 0.25) is 0 Å². The van der Waals surface area contributed by atoms with Gasteiger partial charge in [-0.3, -0.25) is 9.36 Å². The SMILES string of the molecule is CNc1nc(C)nc2c1ncn2[C@@H]1O[C@H](CO[P@](=S)(N[C@H](C)C(=O)OC)Oc2ccccc2)[C@@H](O)[C@@]1(C)F. The minimum Gasteiger partial charge on any atom is -0.468 e. The van der Waals surface area contributed by atoms with Gasteiger partial charge in [-0.2, -0.15) is 0 Å². The summed E-state index contributed by atoms with van der Waals surface area (Å²) in [5.74, 6) is 0.766. The second-order valence-corrected chi connectivity index (χ2v) is 12.0. The van der Waals surface area contributed by atoms with Crippen molar-refractivity contribution >= 4 is 41.4 Å². The number of benzene rings is 1. The summed E-state index contributed by atoms with van der Waals surface area (Å²) >= 11 is 5.65. The van der Waals surface area contributed by atoms with Crippen LogP contribution in [0.5, 0.6) is 5.75 Å². The summed E-state index contributed by atoms with van der Waals surface area (Å²) in [5.41, 5.74) is -1.47. The van der Waals surface area contributed by atoms with E-state index in [1.165, 1.54) is 24.9 Å². The van der Waals surface area contributed by atoms with Crippen molar-refractivity contribution in [3.05, 3.63) is 42.5 Å². The number of aliphatic hydroxyl groups is 1. The Kier molecular flexibility index (Phi) is 8.31. The molecule has 38 heavy (non-hydrogen) atoms. The van der Waals surface area contributed by atoms with E-state index >= 15 is 4.39 Å². The number of esters is 1. The van der Waals surface area contributed by atoms with Crippen LogP contribution in [-0.4, -0.2) is 75.3 Å². The van der Waals surface area contributed by atoms with Crippen LogP contribution in [0.15, 0.2) is 36.7 Å². The Labute approximate surface area is 224 Å². The smallest absolute Gasteiger partial charge is 0.323 e. The number of hydrogen-bond acceptors (Lipinski definition) is 11. The second kappa shape index (κ2) is 11.2. The van der Waals surface area contributed by atoms with Gasteiger partial charge in [-0.15, -0.1) is 0 Å². The van der Waals surface area contributed by atoms with Gasteiger partial charge in [0, 0.05) is 7.05 Å². The van der Waals surface area contributed by atoms with Gasteiger partial charge in [0.1, 0.15) is 29.8 Å². The molecule has 0 amide bonds. The number of imidazole rings is 1. The molecule has 12 nitrogen and oxygen atoms in total. The number of aryl methyl sites for hydroxylation is 1. The van der Waals surface area contributed by atoms with Crippen molar-refractivity contribution in [1.29, 1.82) is 0 Å². The number of hydrogen-bond donors (Lipinski definition) is 3. The molecular formula is C23H30FN6O6PS. The van der Waals surface area contributed by atoms with Crippen LogP contribution in [0, 0.1) is 6.92 Å². The maximum Gasteiger partial charge on any atom is 0.323 e. The number of aromatic nitrogens is 4. The Morgan fingerprint density at radius 2 is 2.08 bits per heavy atom. The molecule has 3 N–H and O–H groups in total. The Morgan fingerprint density at radius 3 is 2.74 bits per heavy atom. The number of carbonyl (C=O) groups is 1. The summed E-state index contributed by atoms with van der Waals surface area (Å²) in [4.78, 5) is 25.0. The average Bonchev–Trinajstić information content (AvgIpc) is 3.39. The Bertz CT molecular complexity index is 1340. The van der Waals surface area contributed by atoms with Crippen LogP contribution in [0.2, 0.25) is 0 Å². The maximum atomic E-state index is 16.0. The second-order valence-electron chi connectivity index (χ2n) is 8.89. The van der Waals surface area contributed by atoms with Crippen LogP contribution in [0.4, 0.5) is 10.2 Å². The van der Waals surface area contributed by atoms with Gasteiger partial charge in [-0.1, -0.05) is 18.2 Å². The molecule has 0 aliphatic carbocycles. The number of nitrogens with zero attached hydrogens (tertiary/aromatic N) is 4. The van der Waals surface area contributed by atoms with Crippen molar-refractivity contribution in [3.8, 4) is 5.75 Å². The van der Waals surface area contributed by atoms with E-state index in [-0.39, 0.29) is 6.61 Å². The van der Waals surface area contributed by atoms with Crippen LogP contribution < -0.4 is 14.9 Å². The molecule has 6 atom stereocenters. The van der Waals surface area contributed by atoms with Gasteiger partial charge < -0.3 is 28.9 Å². The normalized spacial score (nSPS) is 25.6. The molecule has 1 aliphatic rings. The third-order valence-corrected chi connectivity index (χ3v) is 8.52. The van der Waals surface area contributed by atoms with Gasteiger partial charge in [0.15, 0.2) is 28.9 Å². The third kappa shape index (κ3) is 5.65. The zero-order valence-electron chi connectivity index (χ0n) is 21.5. The fourth-order valence-electron chi connectivity index (χ4n) is 4.07. The molecule has 0 spiro atoms. The van der Waals surface area contributed by atoms with Crippen molar-refractivity contribution < 1.29 is 32.8 Å². The fraction of sp³-hybridized carbons (Fsp3) is 0.478. The zero-order chi connectivity index (χ0) is 27.7. The standard InChI is InChI=1S/C23H30FN6O6PS/c1-13(21(32)33-5)29-37(38,36-15-9-7-6-8-10-15)34-11-16-18(31)23(3,24)22(35-16)30-12-26-17-19(25-4)27-14(2)28-20(17)30/h6-10,12-13,16,18,22,31H,11H2,1-5H3,(H,29,38)(H,25,27,28)/t13-,16-,18-,22-,23-,37-/m1/s1. The number of aliphatic hydroxyl groups excluding tert-OH is 1. The van der Waals surface area contributed by atoms with Gasteiger partial charge in [0.25, 0.3) is 0 Å². The predicted octanol–water partition coefficient (Wildman–Crippen LogP) is 2.63. The number of carbonyl (C=O) groups excluding carboxylic acids is 1. The van der Waals surface area contributed by atoms with Crippen molar-refractivity contribution in [3.63, 3.8) is 0 Å². The van der Waals surface area contributed by atoms with Crippen molar-refractivity contribution in [2.24, 2.45) is 0 Å². The van der Waals surface area contributed by atoms with Gasteiger partial charge in [0.05, 0.1) is 20.0 Å². The number of anilines is 1. The molecule has 3 heterocycles. The summed E-state index contributed by atoms with van der Waals surface area (Å²) in [6, 6.07) is 7.81. The first-order valence-electron chi connectivity index (χ1n) is 11.7. The van der Waals surface area contributed by atoms with Crippen LogP contribution in [0.25, 0.3) is 11.2 Å². The topological polar surface area (TPSA) is 142 Å². The number of fused-ring (bicyclic) bond motifs is 1. The number of nitrogens with one attached hydrogen (secondary N) is 2. The highest BCUT2D eigenvalue weighted by Gasteiger charge is 2.55. The van der Waals surface area contributed by atoms with E-state index in [1.54, 1.807) is 51.2 Å². The predicted molar refractivity (Wildman–Crippen MR) is 141 cm³/mol. The average molecular weight is 569 g/mol. The third-order valence-electron chi connectivity index (χ3n) is 6.02. The van der Waals surface area contributed by atoms with Crippen LogP contribution in [0.1, 0.15) is 25.9 Å². The molecule has 1 aliphatic heterocycles. The lowest BCUT2D eigenvalue weighted by Gasteiger charge is -2.27. The highest BCUT2D eigenvalue weighted by Crippen LogP contribution is 2.48. The molecule has 206 valence electrons. The van der Waals surface area contributed by atoms with E-state index in [2.05, 4.69) is 25.4 Å². The first-order chi connectivity index (χ1) is 18.0. The van der Waals surface area contributed by atoms with Crippen LogP contribution in [0.3, 0.4) is 0 Å². The maximum absolute atomic E-state index is 16.0. The quantitative estimate of drug-likeness (QED) is 0.244. The minimum absolute atomic E-state index is 0.329. The van der Waals surface area contributed by atoms with Crippen LogP contribution >= 0.6 is 6.64 Å². The number of rotatable bonds is 10. The largest absolute Gasteiger partial charge is 0.468 e. The summed E-state index contributed by atoms with van der Waals surface area (Å²) < 4.78 is 40.0. The number of alkyl halides is 1. The first kappa shape index (κ1) is 28.3. The molecule has 0 bridgehead atoms. The van der Waals surface area contributed by atoms with E-state index in [9.17, 15) is 9.90 Å². The van der Waals surface area contributed by atoms with Crippen LogP contribution in [-0.2, 0) is 30.6 Å². The fourth-order valence-corrected chi connectivity index (χ4v) is 6.49. The van der Waals surface area contributed by atoms with Gasteiger partial charge in [-0.25, -0.2) is 24.4 Å². The summed E-state index contributed by atoms with van der Waals surface area (Å²) in [6.45, 7) is 0.755. The highest BCUT2D eigenvalue weighted by molar-refractivity contribution is 8.09. The Hall–Kier alpha value is -2.74. The molecule has 0 saturated carbocycles. The van der Waals surface area contributed by atoms with E-state index in [0.717, 1.165) is 0 Å². The molecule has 1 aromatic carbocycles. The van der Waals surface area contributed by atoms with Crippen molar-refractivity contribution in [1.82, 2.24) is 24.6 Å². The molecule has 0 radical (unpaired) electrons. The number of para-hydroxylation sites is 1. The minimum atomic E-state index is -3.40. The Balaban J connectivity index is 1.57. The lowest BCUT2D eigenvalue weighted by Crippen LogP contribution is -2.41. The molecule has 0 unspecified atom stereocenters. The molecule has 3 aromatic rings. The summed E-state index contributed by atoms with van der Waals surface area (Å²) in [7, 11) is 2.94. The van der Waals surface area contributed by atoms with E-state index in [4.69, 9.17) is 30.3 Å².